The van der Waals surface area contributed by atoms with Crippen molar-refractivity contribution in [2.45, 2.75) is 56.4 Å². The van der Waals surface area contributed by atoms with Crippen LogP contribution in [0.1, 0.15) is 65.9 Å². The van der Waals surface area contributed by atoms with E-state index in [1.165, 1.54) is 5.56 Å². The van der Waals surface area contributed by atoms with Crippen LogP contribution in [0.5, 0.6) is 0 Å². The number of carbonyl (C=O) groups excluding carboxylic acids is 1. The zero-order chi connectivity index (χ0) is 21.6. The molecule has 30 heavy (non-hydrogen) atoms. The Morgan fingerprint density at radius 3 is 2.47 bits per heavy atom. The fourth-order valence-corrected chi connectivity index (χ4v) is 4.55. The van der Waals surface area contributed by atoms with Crippen LogP contribution >= 0.6 is 7.82 Å². The molecule has 2 atom stereocenters. The lowest BCUT2D eigenvalue weighted by atomic mass is 9.92. The minimum absolute atomic E-state index is 0.157. The van der Waals surface area contributed by atoms with Gasteiger partial charge in [-0.2, -0.15) is 0 Å². The topological polar surface area (TPSA) is 110 Å². The molecule has 162 valence electrons. The van der Waals surface area contributed by atoms with Crippen molar-refractivity contribution in [3.63, 3.8) is 0 Å². The summed E-state index contributed by atoms with van der Waals surface area (Å²) in [7, 11) is -4.52. The van der Waals surface area contributed by atoms with Crippen LogP contribution in [0.25, 0.3) is 0 Å². The van der Waals surface area contributed by atoms with E-state index in [2.05, 4.69) is 16.7 Å². The normalized spacial score (nSPS) is 21.6. The average Bonchev–Trinajstić information content (AvgIpc) is 3.13. The maximum Gasteiger partial charge on any atom is 0.469 e. The number of phosphoric acid groups is 1. The summed E-state index contributed by atoms with van der Waals surface area (Å²) in [5.41, 5.74) is 8.64. The Labute approximate surface area is 177 Å². The molecule has 4 N–H and O–H groups in total. The zero-order valence-corrected chi connectivity index (χ0v) is 18.0. The second-order valence-corrected chi connectivity index (χ2v) is 9.54. The fourth-order valence-electron chi connectivity index (χ4n) is 4.13. The summed E-state index contributed by atoms with van der Waals surface area (Å²) in [4.78, 5) is 30.2. The Bertz CT molecular complexity index is 880. The number of hydrogen-bond acceptors (Lipinski definition) is 4. The molecule has 0 saturated heterocycles. The second-order valence-electron chi connectivity index (χ2n) is 8.30. The largest absolute Gasteiger partial charge is 0.469 e. The molecule has 0 heterocycles. The van der Waals surface area contributed by atoms with Crippen molar-refractivity contribution >= 4 is 13.6 Å². The van der Waals surface area contributed by atoms with Gasteiger partial charge in [-0.25, -0.2) is 4.57 Å². The number of carbonyl (C=O) groups is 1. The Morgan fingerprint density at radius 2 is 1.80 bits per heavy atom. The average molecular weight is 431 g/mol. The highest BCUT2D eigenvalue weighted by Crippen LogP contribution is 2.43. The molecule has 0 radical (unpaired) electrons. The number of aryl methyl sites for hydroxylation is 1. The van der Waals surface area contributed by atoms with Gasteiger partial charge in [0.25, 0.3) is 0 Å². The van der Waals surface area contributed by atoms with Gasteiger partial charge in [0.05, 0.1) is 6.61 Å². The monoisotopic (exact) mass is 431 g/mol. The Kier molecular flexibility index (Phi) is 7.61. The third kappa shape index (κ3) is 6.86. The van der Waals surface area contributed by atoms with E-state index in [9.17, 15) is 9.36 Å². The van der Waals surface area contributed by atoms with Crippen LogP contribution in [0.4, 0.5) is 0 Å². The molecule has 6 nitrogen and oxygen atoms in total. The quantitative estimate of drug-likeness (QED) is 0.293. The van der Waals surface area contributed by atoms with Gasteiger partial charge < -0.3 is 15.5 Å². The Balaban J connectivity index is 1.46. The van der Waals surface area contributed by atoms with E-state index in [-0.39, 0.29) is 18.3 Å². The van der Waals surface area contributed by atoms with Crippen molar-refractivity contribution in [2.24, 2.45) is 5.73 Å². The van der Waals surface area contributed by atoms with E-state index in [4.69, 9.17) is 15.5 Å². The molecule has 0 spiro atoms. The van der Waals surface area contributed by atoms with Crippen LogP contribution in [-0.2, 0) is 15.5 Å². The number of unbranched alkanes of at least 4 members (excludes halogenated alkanes) is 1. The van der Waals surface area contributed by atoms with Gasteiger partial charge >= 0.3 is 7.82 Å². The summed E-state index contributed by atoms with van der Waals surface area (Å²) in [6.45, 7) is -0.159. The van der Waals surface area contributed by atoms with E-state index < -0.39 is 13.4 Å². The van der Waals surface area contributed by atoms with Crippen LogP contribution in [-0.4, -0.2) is 27.7 Å². The molecule has 0 unspecified atom stereocenters. The van der Waals surface area contributed by atoms with Gasteiger partial charge in [0.2, 0.25) is 0 Å². The maximum atomic E-state index is 12.5. The highest BCUT2D eigenvalue weighted by atomic mass is 31.2. The summed E-state index contributed by atoms with van der Waals surface area (Å²) in [5.74, 6) is 0.356. The van der Waals surface area contributed by atoms with Crippen molar-refractivity contribution in [3.8, 4) is 0 Å². The number of ketones is 1. The summed E-state index contributed by atoms with van der Waals surface area (Å²) in [5, 5.41) is 0. The van der Waals surface area contributed by atoms with Crippen molar-refractivity contribution in [3.05, 3.63) is 71.3 Å². The minimum Gasteiger partial charge on any atom is -0.323 e. The standard InChI is InChI=1S/C23H30NO5P/c24-23(17-29-30(26,27)28)15-14-21(16-23)19-10-12-20(13-11-19)22(25)9-5-4-8-18-6-2-1-3-7-18/h1-3,6-7,10-13,21H,4-5,8-9,14-17,24H2,(H2,26,27,28)/t21-,23+/m1/s1. The number of benzene rings is 2. The van der Waals surface area contributed by atoms with Gasteiger partial charge in [0, 0.05) is 17.5 Å². The highest BCUT2D eigenvalue weighted by molar-refractivity contribution is 7.46. The lowest BCUT2D eigenvalue weighted by molar-refractivity contribution is 0.0979. The maximum absolute atomic E-state index is 12.5. The number of phosphoric ester groups is 1. The van der Waals surface area contributed by atoms with Gasteiger partial charge in [-0.1, -0.05) is 54.6 Å². The van der Waals surface area contributed by atoms with Gasteiger partial charge in [-0.3, -0.25) is 9.32 Å². The van der Waals surface area contributed by atoms with Crippen LogP contribution in [0.15, 0.2) is 54.6 Å². The first-order valence-corrected chi connectivity index (χ1v) is 11.9. The van der Waals surface area contributed by atoms with Gasteiger partial charge in [0.15, 0.2) is 5.78 Å². The Morgan fingerprint density at radius 1 is 1.10 bits per heavy atom. The molecular weight excluding hydrogens is 401 g/mol. The van der Waals surface area contributed by atoms with Crippen LogP contribution < -0.4 is 5.73 Å². The lowest BCUT2D eigenvalue weighted by Crippen LogP contribution is -2.41. The molecule has 1 fully saturated rings. The number of hydrogen-bond donors (Lipinski definition) is 3. The van der Waals surface area contributed by atoms with Crippen LogP contribution in [0.3, 0.4) is 0 Å². The summed E-state index contributed by atoms with van der Waals surface area (Å²) < 4.78 is 15.6. The second kappa shape index (κ2) is 9.99. The number of rotatable bonds is 10. The first-order valence-electron chi connectivity index (χ1n) is 10.4. The molecule has 2 aromatic rings. The molecule has 3 rings (SSSR count). The van der Waals surface area contributed by atoms with Gasteiger partial charge in [-0.05, 0) is 55.6 Å². The molecule has 1 aliphatic rings. The van der Waals surface area contributed by atoms with Crippen LogP contribution in [0, 0.1) is 0 Å². The third-order valence-corrected chi connectivity index (χ3v) is 6.30. The lowest BCUT2D eigenvalue weighted by Gasteiger charge is -2.24. The molecule has 1 aliphatic carbocycles. The highest BCUT2D eigenvalue weighted by Gasteiger charge is 2.38. The van der Waals surface area contributed by atoms with E-state index in [1.807, 2.05) is 42.5 Å². The molecule has 7 heteroatoms. The molecule has 0 aliphatic heterocycles. The molecule has 0 amide bonds. The molecule has 0 aromatic heterocycles. The minimum atomic E-state index is -4.52. The van der Waals surface area contributed by atoms with E-state index in [0.29, 0.717) is 19.3 Å². The van der Waals surface area contributed by atoms with Crippen molar-refractivity contribution in [1.82, 2.24) is 0 Å². The molecule has 0 bridgehead atoms. The first kappa shape index (κ1) is 22.9. The van der Waals surface area contributed by atoms with Gasteiger partial charge in [0.1, 0.15) is 0 Å². The van der Waals surface area contributed by atoms with Crippen molar-refractivity contribution in [2.75, 3.05) is 6.61 Å². The summed E-state index contributed by atoms with van der Waals surface area (Å²) in [6, 6.07) is 18.0. The zero-order valence-electron chi connectivity index (χ0n) is 17.1. The van der Waals surface area contributed by atoms with E-state index in [0.717, 1.165) is 36.8 Å². The molecule has 1 saturated carbocycles. The number of Topliss-reactive ketones (excluding diaryl/α,β-unsaturated/α-hetero) is 1. The van der Waals surface area contributed by atoms with Crippen LogP contribution in [0.2, 0.25) is 0 Å². The molecule has 2 aromatic carbocycles. The predicted molar refractivity (Wildman–Crippen MR) is 116 cm³/mol. The Hall–Kier alpha value is -1.82. The van der Waals surface area contributed by atoms with Crippen molar-refractivity contribution in [1.29, 1.82) is 0 Å². The molecular formula is C23H30NO5P. The number of nitrogens with two attached hydrogens (primary N) is 1. The predicted octanol–water partition coefficient (Wildman–Crippen LogP) is 4.36. The first-order chi connectivity index (χ1) is 14.2. The van der Waals surface area contributed by atoms with Crippen molar-refractivity contribution < 1.29 is 23.7 Å². The SMILES string of the molecule is N[C@@]1(COP(=O)(O)O)CC[C@@H](c2ccc(C(=O)CCCCc3ccccc3)cc2)C1. The smallest absolute Gasteiger partial charge is 0.323 e. The summed E-state index contributed by atoms with van der Waals surface area (Å²) >= 11 is 0. The van der Waals surface area contributed by atoms with E-state index >= 15 is 0 Å². The van der Waals surface area contributed by atoms with Gasteiger partial charge in [-0.15, -0.1) is 0 Å². The third-order valence-electron chi connectivity index (χ3n) is 5.83. The fraction of sp³-hybridized carbons (Fsp3) is 0.435. The summed E-state index contributed by atoms with van der Waals surface area (Å²) in [6.07, 6.45) is 5.45. The van der Waals surface area contributed by atoms with E-state index in [1.54, 1.807) is 0 Å².